The highest BCUT2D eigenvalue weighted by Gasteiger charge is 2.27. The Bertz CT molecular complexity index is 619. The second-order valence-corrected chi connectivity index (χ2v) is 6.88. The van der Waals surface area contributed by atoms with Gasteiger partial charge in [-0.15, -0.1) is 0 Å². The van der Waals surface area contributed by atoms with Crippen molar-refractivity contribution in [2.45, 2.75) is 50.3 Å². The summed E-state index contributed by atoms with van der Waals surface area (Å²) in [6, 6.07) is 6.67. The smallest absolute Gasteiger partial charge is 0.335 e. The minimum Gasteiger partial charge on any atom is -0.335 e. The molecule has 0 atom stereocenters. The molecule has 0 unspecified atom stereocenters. The predicted molar refractivity (Wildman–Crippen MR) is 91.8 cm³/mol. The molecule has 1 aliphatic rings. The van der Waals surface area contributed by atoms with Gasteiger partial charge in [0, 0.05) is 10.8 Å². The Labute approximate surface area is 146 Å². The van der Waals surface area contributed by atoms with Crippen LogP contribution in [0.3, 0.4) is 0 Å². The van der Waals surface area contributed by atoms with Crippen molar-refractivity contribution in [3.8, 4) is 5.40 Å². The van der Waals surface area contributed by atoms with Crippen molar-refractivity contribution >= 4 is 23.6 Å². The van der Waals surface area contributed by atoms with Crippen LogP contribution in [-0.4, -0.2) is 11.9 Å². The summed E-state index contributed by atoms with van der Waals surface area (Å²) >= 11 is 0.889. The Hall–Kier alpha value is -2.00. The lowest BCUT2D eigenvalue weighted by Gasteiger charge is -2.27. The number of carbonyl (C=O) groups excluding carboxylic acids is 2. The zero-order valence-electron chi connectivity index (χ0n) is 13.8. The molecule has 1 saturated carbocycles. The molecular weight excluding hydrogens is 324 g/mol. The maximum atomic E-state index is 12.2. The maximum Gasteiger partial charge on any atom is 0.364 e. The van der Waals surface area contributed by atoms with Gasteiger partial charge in [-0.1, -0.05) is 31.9 Å². The molecule has 0 radical (unpaired) electrons. The zero-order valence-corrected chi connectivity index (χ0v) is 14.6. The number of rotatable bonds is 5. The minimum absolute atomic E-state index is 0.0883. The van der Waals surface area contributed by atoms with Gasteiger partial charge in [0.1, 0.15) is 5.40 Å². The number of thiocyanates is 1. The van der Waals surface area contributed by atoms with E-state index in [1.807, 2.05) is 5.40 Å². The Morgan fingerprint density at radius 3 is 2.67 bits per heavy atom. The summed E-state index contributed by atoms with van der Waals surface area (Å²) in [5.74, 6) is -0.254. The first-order valence-corrected chi connectivity index (χ1v) is 9.13. The van der Waals surface area contributed by atoms with Gasteiger partial charge in [0.2, 0.25) is 0 Å². The van der Waals surface area contributed by atoms with Crippen LogP contribution in [0.5, 0.6) is 0 Å². The number of nitrogens with zero attached hydrogens (tertiary/aromatic N) is 1. The summed E-state index contributed by atoms with van der Waals surface area (Å²) in [5, 5.41) is 10.7. The molecule has 0 heterocycles. The minimum atomic E-state index is -0.652. The third kappa shape index (κ3) is 5.00. The van der Waals surface area contributed by atoms with E-state index in [-0.39, 0.29) is 17.4 Å². The number of nitriles is 1. The van der Waals surface area contributed by atoms with Crippen molar-refractivity contribution in [1.82, 2.24) is 5.48 Å². The Kier molecular flexibility index (Phi) is 7.13. The number of carbonyl (C=O) groups is 2. The molecule has 1 fully saturated rings. The number of hydrogen-bond donors (Lipinski definition) is 1. The van der Waals surface area contributed by atoms with Crippen LogP contribution < -0.4 is 5.48 Å². The van der Waals surface area contributed by atoms with E-state index in [4.69, 9.17) is 10.1 Å². The lowest BCUT2D eigenvalue weighted by Crippen LogP contribution is -2.35. The number of thioether (sulfide) groups is 1. The van der Waals surface area contributed by atoms with E-state index in [0.29, 0.717) is 4.90 Å². The number of hydrogen-bond acceptors (Lipinski definition) is 5. The molecular formula is C18H22N2O3S. The average molecular weight is 346 g/mol. The average Bonchev–Trinajstić information content (AvgIpc) is 2.61. The van der Waals surface area contributed by atoms with Crippen molar-refractivity contribution in [1.29, 1.82) is 5.26 Å². The SMILES string of the molecule is CCCC1CCC(C(=O)NOC(=O)c2ccccc2SC#N)CC1. The molecule has 0 aliphatic heterocycles. The second-order valence-electron chi connectivity index (χ2n) is 6.05. The van der Waals surface area contributed by atoms with Crippen LogP contribution in [0, 0.1) is 22.5 Å². The maximum absolute atomic E-state index is 12.2. The van der Waals surface area contributed by atoms with E-state index < -0.39 is 5.97 Å². The van der Waals surface area contributed by atoms with Crippen LogP contribution >= 0.6 is 11.8 Å². The fraction of sp³-hybridized carbons (Fsp3) is 0.500. The van der Waals surface area contributed by atoms with E-state index >= 15 is 0 Å². The molecule has 0 saturated heterocycles. The van der Waals surface area contributed by atoms with Crippen LogP contribution in [0.25, 0.3) is 0 Å². The van der Waals surface area contributed by atoms with E-state index in [1.165, 1.54) is 12.8 Å². The van der Waals surface area contributed by atoms with Crippen LogP contribution in [0.15, 0.2) is 29.2 Å². The van der Waals surface area contributed by atoms with Gasteiger partial charge >= 0.3 is 5.97 Å². The molecule has 0 bridgehead atoms. The molecule has 1 amide bonds. The third-order valence-corrected chi connectivity index (χ3v) is 5.09. The van der Waals surface area contributed by atoms with Crippen molar-refractivity contribution < 1.29 is 14.4 Å². The van der Waals surface area contributed by atoms with Crippen LogP contribution in [0.4, 0.5) is 0 Å². The lowest BCUT2D eigenvalue weighted by atomic mass is 9.80. The molecule has 6 heteroatoms. The third-order valence-electron chi connectivity index (χ3n) is 4.42. The van der Waals surface area contributed by atoms with Gasteiger partial charge in [0.05, 0.1) is 5.56 Å². The standard InChI is InChI=1S/C18H22N2O3S/c1-2-5-13-8-10-14(11-9-13)17(21)20-23-18(22)15-6-3-4-7-16(15)24-12-19/h3-4,6-7,13-14H,2,5,8-11H2,1H3,(H,20,21). The molecule has 1 aromatic rings. The van der Waals surface area contributed by atoms with Gasteiger partial charge < -0.3 is 4.84 Å². The Morgan fingerprint density at radius 1 is 1.29 bits per heavy atom. The van der Waals surface area contributed by atoms with Crippen molar-refractivity contribution in [3.63, 3.8) is 0 Å². The molecule has 2 rings (SSSR count). The van der Waals surface area contributed by atoms with Crippen LogP contribution in [0.2, 0.25) is 0 Å². The second kappa shape index (κ2) is 9.33. The summed E-state index contributed by atoms with van der Waals surface area (Å²) in [6.45, 7) is 2.18. The summed E-state index contributed by atoms with van der Waals surface area (Å²) in [6.07, 6.45) is 6.20. The molecule has 1 aliphatic carbocycles. The highest BCUT2D eigenvalue weighted by atomic mass is 32.2. The molecule has 0 aromatic heterocycles. The van der Waals surface area contributed by atoms with Crippen molar-refractivity contribution in [3.05, 3.63) is 29.8 Å². The topological polar surface area (TPSA) is 79.2 Å². The molecule has 24 heavy (non-hydrogen) atoms. The summed E-state index contributed by atoms with van der Waals surface area (Å²) in [7, 11) is 0. The van der Waals surface area contributed by atoms with Gasteiger partial charge in [0.15, 0.2) is 0 Å². The normalized spacial score (nSPS) is 20.0. The van der Waals surface area contributed by atoms with Gasteiger partial charge in [0.25, 0.3) is 5.91 Å². The van der Waals surface area contributed by atoms with E-state index in [2.05, 4.69) is 12.4 Å². The van der Waals surface area contributed by atoms with E-state index in [1.54, 1.807) is 24.3 Å². The van der Waals surface area contributed by atoms with E-state index in [0.717, 1.165) is 43.4 Å². The van der Waals surface area contributed by atoms with Crippen molar-refractivity contribution in [2.75, 3.05) is 0 Å². The Morgan fingerprint density at radius 2 is 2.00 bits per heavy atom. The van der Waals surface area contributed by atoms with E-state index in [9.17, 15) is 9.59 Å². The highest BCUT2D eigenvalue weighted by Crippen LogP contribution is 2.31. The summed E-state index contributed by atoms with van der Waals surface area (Å²) < 4.78 is 0. The van der Waals surface area contributed by atoms with Crippen molar-refractivity contribution in [2.24, 2.45) is 11.8 Å². The summed E-state index contributed by atoms with van der Waals surface area (Å²) in [5.41, 5.74) is 2.56. The molecule has 0 spiro atoms. The van der Waals surface area contributed by atoms with Gasteiger partial charge in [-0.25, -0.2) is 4.79 Å². The van der Waals surface area contributed by atoms with Gasteiger partial charge in [-0.05, 0) is 55.5 Å². The van der Waals surface area contributed by atoms with Crippen LogP contribution in [-0.2, 0) is 9.63 Å². The number of benzene rings is 1. The monoisotopic (exact) mass is 346 g/mol. The summed E-state index contributed by atoms with van der Waals surface area (Å²) in [4.78, 5) is 29.7. The van der Waals surface area contributed by atoms with Crippen LogP contribution in [0.1, 0.15) is 55.8 Å². The van der Waals surface area contributed by atoms with Gasteiger partial charge in [-0.2, -0.15) is 10.7 Å². The zero-order chi connectivity index (χ0) is 17.4. The highest BCUT2D eigenvalue weighted by molar-refractivity contribution is 8.03. The molecule has 5 nitrogen and oxygen atoms in total. The fourth-order valence-corrected chi connectivity index (χ4v) is 3.64. The number of hydroxylamine groups is 1. The first-order chi connectivity index (χ1) is 11.7. The molecule has 1 N–H and O–H groups in total. The fourth-order valence-electron chi connectivity index (χ4n) is 3.13. The predicted octanol–water partition coefficient (Wildman–Crippen LogP) is 4.05. The van der Waals surface area contributed by atoms with Gasteiger partial charge in [-0.3, -0.25) is 4.79 Å². The number of nitrogens with one attached hydrogen (secondary N) is 1. The first-order valence-electron chi connectivity index (χ1n) is 8.31. The first kappa shape index (κ1) is 18.3. The quantitative estimate of drug-likeness (QED) is 0.494. The lowest BCUT2D eigenvalue weighted by molar-refractivity contribution is -0.135. The largest absolute Gasteiger partial charge is 0.364 e. The Balaban J connectivity index is 1.84. The molecule has 128 valence electrons. The number of amides is 1. The molecule has 1 aromatic carbocycles.